The second-order valence-electron chi connectivity index (χ2n) is 5.90. The summed E-state index contributed by atoms with van der Waals surface area (Å²) in [6.45, 7) is 3.52. The largest absolute Gasteiger partial charge is 0.394 e. The molecule has 1 unspecified atom stereocenters. The average Bonchev–Trinajstić information content (AvgIpc) is 3.10. The van der Waals surface area contributed by atoms with Crippen molar-refractivity contribution in [3.05, 3.63) is 12.7 Å². The molecule has 2 fully saturated rings. The monoisotopic (exact) mass is 307 g/mol. The predicted octanol–water partition coefficient (Wildman–Crippen LogP) is -0.182. The van der Waals surface area contributed by atoms with E-state index in [1.54, 1.807) is 10.9 Å². The zero-order valence-electron chi connectivity index (χ0n) is 12.2. The molecule has 0 aliphatic carbocycles. The fourth-order valence-electron chi connectivity index (χ4n) is 3.09. The standard InChI is InChI=1S/C13H17N5O4/c1-13(2)21-8-6(3-19)20-12(9(8)22-13)18-5-17-7-10(14)15-4-16-11(7)18/h4-6,8-9,12,19H,3H2,1-2H3,(H2,14,15,16)/t6-,8-,9?,12-/m1/s1. The van der Waals surface area contributed by atoms with Gasteiger partial charge in [0.05, 0.1) is 12.9 Å². The van der Waals surface area contributed by atoms with E-state index in [0.29, 0.717) is 17.0 Å². The zero-order valence-corrected chi connectivity index (χ0v) is 12.2. The third-order valence-corrected chi connectivity index (χ3v) is 3.97. The number of nitrogen functional groups attached to an aromatic ring is 1. The summed E-state index contributed by atoms with van der Waals surface area (Å²) < 4.78 is 19.4. The van der Waals surface area contributed by atoms with Crippen molar-refractivity contribution in [2.24, 2.45) is 0 Å². The van der Waals surface area contributed by atoms with Crippen LogP contribution in [0.1, 0.15) is 20.1 Å². The highest BCUT2D eigenvalue weighted by molar-refractivity contribution is 5.81. The normalized spacial score (nSPS) is 33.4. The number of ether oxygens (including phenoxy) is 3. The molecule has 0 aromatic carbocycles. The van der Waals surface area contributed by atoms with Crippen LogP contribution in [0.3, 0.4) is 0 Å². The van der Waals surface area contributed by atoms with Crippen molar-refractivity contribution in [3.8, 4) is 0 Å². The van der Waals surface area contributed by atoms with Gasteiger partial charge in [-0.3, -0.25) is 4.57 Å². The lowest BCUT2D eigenvalue weighted by Crippen LogP contribution is -2.31. The van der Waals surface area contributed by atoms with Crippen molar-refractivity contribution in [1.82, 2.24) is 19.5 Å². The van der Waals surface area contributed by atoms with E-state index >= 15 is 0 Å². The van der Waals surface area contributed by atoms with Gasteiger partial charge in [0, 0.05) is 0 Å². The summed E-state index contributed by atoms with van der Waals surface area (Å²) in [6, 6.07) is 0. The molecule has 9 nitrogen and oxygen atoms in total. The number of aromatic nitrogens is 4. The molecule has 0 saturated carbocycles. The molecule has 0 bridgehead atoms. The summed E-state index contributed by atoms with van der Waals surface area (Å²) in [7, 11) is 0. The molecule has 0 amide bonds. The minimum atomic E-state index is -0.727. The lowest BCUT2D eigenvalue weighted by molar-refractivity contribution is -0.199. The first kappa shape index (κ1) is 13.8. The van der Waals surface area contributed by atoms with E-state index in [-0.39, 0.29) is 18.8 Å². The summed E-state index contributed by atoms with van der Waals surface area (Å²) in [6.07, 6.45) is 1.30. The molecule has 4 heterocycles. The van der Waals surface area contributed by atoms with Crippen LogP contribution >= 0.6 is 0 Å². The van der Waals surface area contributed by atoms with Gasteiger partial charge in [-0.1, -0.05) is 0 Å². The van der Waals surface area contributed by atoms with Gasteiger partial charge >= 0.3 is 0 Å². The van der Waals surface area contributed by atoms with Crippen molar-refractivity contribution in [2.45, 2.75) is 44.2 Å². The van der Waals surface area contributed by atoms with Crippen LogP contribution in [0, 0.1) is 0 Å². The number of nitrogens with two attached hydrogens (primary N) is 1. The number of fused-ring (bicyclic) bond motifs is 2. The van der Waals surface area contributed by atoms with E-state index in [2.05, 4.69) is 15.0 Å². The molecular formula is C13H17N5O4. The van der Waals surface area contributed by atoms with Crippen LogP contribution in [0.2, 0.25) is 0 Å². The molecular weight excluding hydrogens is 290 g/mol. The first-order valence-corrected chi connectivity index (χ1v) is 7.05. The molecule has 4 atom stereocenters. The van der Waals surface area contributed by atoms with E-state index in [4.69, 9.17) is 19.9 Å². The number of hydrogen-bond acceptors (Lipinski definition) is 8. The number of aliphatic hydroxyl groups is 1. The molecule has 0 spiro atoms. The molecule has 22 heavy (non-hydrogen) atoms. The SMILES string of the molecule is CC1(C)OC2[C@H](n3cnc4c(N)ncnc43)O[C@H](CO)[C@H]2O1. The Hall–Kier alpha value is -1.81. The Morgan fingerprint density at radius 1 is 1.27 bits per heavy atom. The van der Waals surface area contributed by atoms with Crippen LogP contribution in [0.4, 0.5) is 5.82 Å². The Bertz CT molecular complexity index is 718. The lowest BCUT2D eigenvalue weighted by Gasteiger charge is -2.24. The predicted molar refractivity (Wildman–Crippen MR) is 74.6 cm³/mol. The van der Waals surface area contributed by atoms with Gasteiger partial charge in [0.1, 0.15) is 30.2 Å². The molecule has 2 aliphatic rings. The van der Waals surface area contributed by atoms with Gasteiger partial charge in [0.2, 0.25) is 0 Å². The fraction of sp³-hybridized carbons (Fsp3) is 0.615. The van der Waals surface area contributed by atoms with Crippen LogP contribution in [-0.4, -0.2) is 55.3 Å². The Morgan fingerprint density at radius 2 is 2.05 bits per heavy atom. The van der Waals surface area contributed by atoms with E-state index in [1.165, 1.54) is 6.33 Å². The van der Waals surface area contributed by atoms with Gasteiger partial charge in [-0.05, 0) is 13.8 Å². The number of nitrogens with zero attached hydrogens (tertiary/aromatic N) is 4. The van der Waals surface area contributed by atoms with E-state index in [1.807, 2.05) is 13.8 Å². The van der Waals surface area contributed by atoms with Crippen molar-refractivity contribution < 1.29 is 19.3 Å². The van der Waals surface area contributed by atoms with Gasteiger partial charge in [0.25, 0.3) is 0 Å². The van der Waals surface area contributed by atoms with Crippen LogP contribution in [-0.2, 0) is 14.2 Å². The number of imidazole rings is 1. The summed E-state index contributed by atoms with van der Waals surface area (Å²) in [5.41, 5.74) is 6.87. The highest BCUT2D eigenvalue weighted by Crippen LogP contribution is 2.43. The Morgan fingerprint density at radius 3 is 2.82 bits per heavy atom. The van der Waals surface area contributed by atoms with E-state index in [9.17, 15) is 5.11 Å². The van der Waals surface area contributed by atoms with Crippen LogP contribution < -0.4 is 5.73 Å². The van der Waals surface area contributed by atoms with Crippen LogP contribution in [0.5, 0.6) is 0 Å². The highest BCUT2D eigenvalue weighted by Gasteiger charge is 2.55. The maximum absolute atomic E-state index is 9.52. The highest BCUT2D eigenvalue weighted by atomic mass is 16.8. The molecule has 0 radical (unpaired) electrons. The average molecular weight is 307 g/mol. The summed E-state index contributed by atoms with van der Waals surface area (Å²) in [5.74, 6) is -0.421. The molecule has 9 heteroatoms. The number of rotatable bonds is 2. The number of hydrogen-bond donors (Lipinski definition) is 2. The molecule has 2 saturated heterocycles. The minimum Gasteiger partial charge on any atom is -0.394 e. The molecule has 2 aliphatic heterocycles. The molecule has 2 aromatic rings. The topological polar surface area (TPSA) is 118 Å². The van der Waals surface area contributed by atoms with Crippen LogP contribution in [0.15, 0.2) is 12.7 Å². The van der Waals surface area contributed by atoms with Crippen molar-refractivity contribution >= 4 is 17.0 Å². The Balaban J connectivity index is 1.77. The van der Waals surface area contributed by atoms with Gasteiger partial charge in [-0.2, -0.15) is 0 Å². The van der Waals surface area contributed by atoms with Crippen molar-refractivity contribution in [1.29, 1.82) is 0 Å². The third-order valence-electron chi connectivity index (χ3n) is 3.97. The Labute approximate surface area is 126 Å². The number of aliphatic hydroxyl groups excluding tert-OH is 1. The van der Waals surface area contributed by atoms with Gasteiger partial charge in [-0.25, -0.2) is 15.0 Å². The van der Waals surface area contributed by atoms with Gasteiger partial charge in [-0.15, -0.1) is 0 Å². The fourth-order valence-corrected chi connectivity index (χ4v) is 3.09. The van der Waals surface area contributed by atoms with Crippen LogP contribution in [0.25, 0.3) is 11.2 Å². The quantitative estimate of drug-likeness (QED) is 0.784. The molecule has 118 valence electrons. The molecule has 4 rings (SSSR count). The maximum Gasteiger partial charge on any atom is 0.167 e. The van der Waals surface area contributed by atoms with Gasteiger partial charge < -0.3 is 25.1 Å². The minimum absolute atomic E-state index is 0.152. The second-order valence-corrected chi connectivity index (χ2v) is 5.90. The summed E-state index contributed by atoms with van der Waals surface area (Å²) >= 11 is 0. The zero-order chi connectivity index (χ0) is 15.5. The second kappa shape index (κ2) is 4.59. The summed E-state index contributed by atoms with van der Waals surface area (Å²) in [4.78, 5) is 12.4. The smallest absolute Gasteiger partial charge is 0.167 e. The molecule has 2 aromatic heterocycles. The first-order valence-electron chi connectivity index (χ1n) is 7.05. The first-order chi connectivity index (χ1) is 10.5. The maximum atomic E-state index is 9.52. The Kier molecular flexibility index (Phi) is 2.89. The number of anilines is 1. The lowest BCUT2D eigenvalue weighted by atomic mass is 10.1. The summed E-state index contributed by atoms with van der Waals surface area (Å²) in [5, 5.41) is 9.52. The molecule has 3 N–H and O–H groups in total. The van der Waals surface area contributed by atoms with Crippen molar-refractivity contribution in [2.75, 3.05) is 12.3 Å². The van der Waals surface area contributed by atoms with E-state index in [0.717, 1.165) is 0 Å². The third kappa shape index (κ3) is 1.90. The van der Waals surface area contributed by atoms with Gasteiger partial charge in [0.15, 0.2) is 23.5 Å². The van der Waals surface area contributed by atoms with Crippen molar-refractivity contribution in [3.63, 3.8) is 0 Å². The van der Waals surface area contributed by atoms with E-state index < -0.39 is 18.1 Å².